The van der Waals surface area contributed by atoms with Gasteiger partial charge in [0.05, 0.1) is 13.2 Å². The molecule has 0 bridgehead atoms. The molecule has 0 aliphatic rings. The van der Waals surface area contributed by atoms with E-state index in [-0.39, 0.29) is 6.04 Å². The number of aromatic nitrogens is 4. The van der Waals surface area contributed by atoms with Crippen LogP contribution in [-0.2, 0) is 0 Å². The highest BCUT2D eigenvalue weighted by Crippen LogP contribution is 2.30. The number of nitrogens with zero attached hydrogens (tertiary/aromatic N) is 4. The average molecular weight is 261 g/mol. The van der Waals surface area contributed by atoms with Crippen molar-refractivity contribution in [3.8, 4) is 17.1 Å². The lowest BCUT2D eigenvalue weighted by Gasteiger charge is -2.15. The number of benzene rings is 1. The quantitative estimate of drug-likeness (QED) is 0.835. The molecule has 0 radical (unpaired) electrons. The molecule has 1 heterocycles. The Morgan fingerprint density at radius 3 is 2.68 bits per heavy atom. The van der Waals surface area contributed by atoms with Crippen LogP contribution in [0.4, 0.5) is 5.69 Å². The molecule has 0 saturated carbocycles. The van der Waals surface area contributed by atoms with Gasteiger partial charge in [0.15, 0.2) is 5.82 Å². The topological polar surface area (TPSA) is 78.8 Å². The number of ether oxygens (including phenoxy) is 1. The maximum Gasteiger partial charge on any atom is 0.184 e. The third-order valence-corrected chi connectivity index (χ3v) is 3.28. The second-order valence-corrected chi connectivity index (χ2v) is 4.37. The number of nitrogen functional groups attached to an aromatic ring is 1. The van der Waals surface area contributed by atoms with Crippen molar-refractivity contribution in [3.05, 3.63) is 18.2 Å². The molecule has 6 nitrogen and oxygen atoms in total. The standard InChI is InChI=1S/C13H19N5O/c1-4-9(5-2)18-13(15-16-17-18)11-8-10(19-3)6-7-12(11)14/h6-9H,4-5,14H2,1-3H3. The second-order valence-electron chi connectivity index (χ2n) is 4.37. The highest BCUT2D eigenvalue weighted by molar-refractivity contribution is 5.73. The van der Waals surface area contributed by atoms with E-state index in [2.05, 4.69) is 29.4 Å². The summed E-state index contributed by atoms with van der Waals surface area (Å²) in [7, 11) is 1.62. The first-order valence-corrected chi connectivity index (χ1v) is 6.43. The summed E-state index contributed by atoms with van der Waals surface area (Å²) in [6.07, 6.45) is 1.94. The molecular formula is C13H19N5O. The zero-order valence-corrected chi connectivity index (χ0v) is 11.5. The van der Waals surface area contributed by atoms with E-state index < -0.39 is 0 Å². The molecule has 2 rings (SSSR count). The van der Waals surface area contributed by atoms with Crippen molar-refractivity contribution in [3.63, 3.8) is 0 Å². The normalized spacial score (nSPS) is 10.9. The third kappa shape index (κ3) is 2.52. The molecule has 0 unspecified atom stereocenters. The van der Waals surface area contributed by atoms with E-state index in [4.69, 9.17) is 10.5 Å². The largest absolute Gasteiger partial charge is 0.497 e. The molecule has 0 spiro atoms. The van der Waals surface area contributed by atoms with Crippen LogP contribution in [0.25, 0.3) is 11.4 Å². The van der Waals surface area contributed by atoms with Gasteiger partial charge in [-0.2, -0.15) is 0 Å². The van der Waals surface area contributed by atoms with Gasteiger partial charge in [-0.05, 0) is 41.5 Å². The zero-order valence-electron chi connectivity index (χ0n) is 11.5. The Morgan fingerprint density at radius 1 is 1.32 bits per heavy atom. The van der Waals surface area contributed by atoms with Crippen molar-refractivity contribution >= 4 is 5.69 Å². The van der Waals surface area contributed by atoms with Gasteiger partial charge in [-0.15, -0.1) is 5.10 Å². The Labute approximate surface area is 112 Å². The Hall–Kier alpha value is -2.11. The van der Waals surface area contributed by atoms with E-state index in [0.29, 0.717) is 11.5 Å². The van der Waals surface area contributed by atoms with Crippen molar-refractivity contribution in [1.29, 1.82) is 0 Å². The highest BCUT2D eigenvalue weighted by atomic mass is 16.5. The van der Waals surface area contributed by atoms with E-state index in [0.717, 1.165) is 24.2 Å². The molecule has 0 amide bonds. The van der Waals surface area contributed by atoms with Gasteiger partial charge < -0.3 is 10.5 Å². The fourth-order valence-electron chi connectivity index (χ4n) is 2.11. The second kappa shape index (κ2) is 5.69. The van der Waals surface area contributed by atoms with Crippen molar-refractivity contribution in [2.45, 2.75) is 32.7 Å². The summed E-state index contributed by atoms with van der Waals surface area (Å²) in [6, 6.07) is 5.76. The molecule has 1 aromatic carbocycles. The molecule has 0 atom stereocenters. The number of anilines is 1. The minimum absolute atomic E-state index is 0.274. The maximum absolute atomic E-state index is 6.02. The lowest BCUT2D eigenvalue weighted by atomic mass is 10.1. The van der Waals surface area contributed by atoms with Gasteiger partial charge in [-0.25, -0.2) is 4.68 Å². The molecule has 2 N–H and O–H groups in total. The average Bonchev–Trinajstić information content (AvgIpc) is 2.90. The summed E-state index contributed by atoms with van der Waals surface area (Å²) in [5.41, 5.74) is 7.47. The van der Waals surface area contributed by atoms with Crippen LogP contribution in [0.15, 0.2) is 18.2 Å². The molecule has 1 aromatic heterocycles. The fraction of sp³-hybridized carbons (Fsp3) is 0.462. The monoisotopic (exact) mass is 261 g/mol. The molecule has 102 valence electrons. The molecule has 0 saturated heterocycles. The van der Waals surface area contributed by atoms with E-state index in [1.807, 2.05) is 16.8 Å². The third-order valence-electron chi connectivity index (χ3n) is 3.28. The molecule has 0 aliphatic carbocycles. The number of rotatable bonds is 5. The van der Waals surface area contributed by atoms with Crippen molar-refractivity contribution in [2.75, 3.05) is 12.8 Å². The molecule has 0 aliphatic heterocycles. The minimum Gasteiger partial charge on any atom is -0.497 e. The van der Waals surface area contributed by atoms with Crippen LogP contribution in [0, 0.1) is 0 Å². The number of tetrazole rings is 1. The number of methoxy groups -OCH3 is 1. The lowest BCUT2D eigenvalue weighted by Crippen LogP contribution is -2.11. The van der Waals surface area contributed by atoms with E-state index in [9.17, 15) is 0 Å². The smallest absolute Gasteiger partial charge is 0.184 e. The molecule has 6 heteroatoms. The molecule has 19 heavy (non-hydrogen) atoms. The first kappa shape index (κ1) is 13.3. The van der Waals surface area contributed by atoms with E-state index in [1.165, 1.54) is 0 Å². The number of hydrogen-bond acceptors (Lipinski definition) is 5. The molecule has 0 fully saturated rings. The first-order chi connectivity index (χ1) is 9.21. The predicted octanol–water partition coefficient (Wildman–Crippen LogP) is 2.29. The van der Waals surface area contributed by atoms with Crippen LogP contribution >= 0.6 is 0 Å². The van der Waals surface area contributed by atoms with E-state index >= 15 is 0 Å². The zero-order chi connectivity index (χ0) is 13.8. The van der Waals surface area contributed by atoms with Crippen molar-refractivity contribution < 1.29 is 4.74 Å². The molecule has 2 aromatic rings. The summed E-state index contributed by atoms with van der Waals surface area (Å²) in [4.78, 5) is 0. The maximum atomic E-state index is 6.02. The molecular weight excluding hydrogens is 242 g/mol. The minimum atomic E-state index is 0.274. The van der Waals surface area contributed by atoms with Crippen LogP contribution in [0.2, 0.25) is 0 Å². The Kier molecular flexibility index (Phi) is 3.99. The summed E-state index contributed by atoms with van der Waals surface area (Å²) >= 11 is 0. The Morgan fingerprint density at radius 2 is 2.05 bits per heavy atom. The summed E-state index contributed by atoms with van der Waals surface area (Å²) in [6.45, 7) is 4.24. The highest BCUT2D eigenvalue weighted by Gasteiger charge is 2.17. The Bertz CT molecular complexity index is 548. The van der Waals surface area contributed by atoms with Gasteiger partial charge in [-0.3, -0.25) is 0 Å². The SMILES string of the molecule is CCC(CC)n1nnnc1-c1cc(OC)ccc1N. The van der Waals surface area contributed by atoms with Gasteiger partial charge >= 0.3 is 0 Å². The van der Waals surface area contributed by atoms with E-state index in [1.54, 1.807) is 13.2 Å². The number of nitrogens with two attached hydrogens (primary N) is 1. The van der Waals surface area contributed by atoms with Crippen LogP contribution in [0.5, 0.6) is 5.75 Å². The van der Waals surface area contributed by atoms with Gasteiger partial charge in [0.1, 0.15) is 5.75 Å². The summed E-state index contributed by atoms with van der Waals surface area (Å²) < 4.78 is 7.07. The number of hydrogen-bond donors (Lipinski definition) is 1. The fourth-order valence-corrected chi connectivity index (χ4v) is 2.11. The van der Waals surface area contributed by atoms with Gasteiger partial charge in [0, 0.05) is 11.3 Å². The van der Waals surface area contributed by atoms with Gasteiger partial charge in [0.2, 0.25) is 0 Å². The van der Waals surface area contributed by atoms with Crippen LogP contribution in [0.1, 0.15) is 32.7 Å². The lowest BCUT2D eigenvalue weighted by molar-refractivity contribution is 0.414. The van der Waals surface area contributed by atoms with Crippen LogP contribution < -0.4 is 10.5 Å². The predicted molar refractivity (Wildman–Crippen MR) is 73.8 cm³/mol. The summed E-state index contributed by atoms with van der Waals surface area (Å²) in [5.74, 6) is 1.42. The van der Waals surface area contributed by atoms with Crippen LogP contribution in [0.3, 0.4) is 0 Å². The summed E-state index contributed by atoms with van der Waals surface area (Å²) in [5, 5.41) is 12.0. The Balaban J connectivity index is 2.50. The van der Waals surface area contributed by atoms with Crippen molar-refractivity contribution in [2.24, 2.45) is 0 Å². The van der Waals surface area contributed by atoms with Crippen molar-refractivity contribution in [1.82, 2.24) is 20.2 Å². The van der Waals surface area contributed by atoms with Crippen LogP contribution in [-0.4, -0.2) is 27.3 Å². The first-order valence-electron chi connectivity index (χ1n) is 6.43. The van der Waals surface area contributed by atoms with Gasteiger partial charge in [0.25, 0.3) is 0 Å². The van der Waals surface area contributed by atoms with Gasteiger partial charge in [-0.1, -0.05) is 13.8 Å².